The molecule has 0 saturated carbocycles. The predicted molar refractivity (Wildman–Crippen MR) is 77.4 cm³/mol. The molecule has 1 unspecified atom stereocenters. The molecule has 1 aromatic rings. The van der Waals surface area contributed by atoms with E-state index in [1.165, 1.54) is 6.42 Å². The molecule has 1 aliphatic rings. The summed E-state index contributed by atoms with van der Waals surface area (Å²) >= 11 is 5.96. The Morgan fingerprint density at radius 1 is 1.32 bits per heavy atom. The zero-order chi connectivity index (χ0) is 13.7. The third kappa shape index (κ3) is 3.71. The van der Waals surface area contributed by atoms with E-state index >= 15 is 0 Å². The quantitative estimate of drug-likeness (QED) is 0.858. The van der Waals surface area contributed by atoms with E-state index in [4.69, 9.17) is 18.0 Å². The number of piperidine rings is 1. The molecule has 0 amide bonds. The minimum atomic E-state index is -0.0901. The van der Waals surface area contributed by atoms with Gasteiger partial charge in [0.2, 0.25) is 17.2 Å². The van der Waals surface area contributed by atoms with Crippen LogP contribution in [0, 0.1) is 12.3 Å². The van der Waals surface area contributed by atoms with Crippen LogP contribution in [-0.4, -0.2) is 34.1 Å². The second-order valence-electron chi connectivity index (χ2n) is 4.55. The van der Waals surface area contributed by atoms with Crippen molar-refractivity contribution >= 4 is 23.5 Å². The third-order valence-electron chi connectivity index (χ3n) is 3.15. The number of rotatable bonds is 4. The molecular formula is C13H18ClN5. The van der Waals surface area contributed by atoms with Gasteiger partial charge < -0.3 is 10.2 Å². The van der Waals surface area contributed by atoms with Crippen molar-refractivity contribution in [3.8, 4) is 12.3 Å². The molecule has 5 nitrogen and oxygen atoms in total. The van der Waals surface area contributed by atoms with Crippen LogP contribution in [0.25, 0.3) is 0 Å². The lowest BCUT2D eigenvalue weighted by Gasteiger charge is -2.26. The summed E-state index contributed by atoms with van der Waals surface area (Å²) in [5.74, 6) is 3.73. The first-order chi connectivity index (χ1) is 9.22. The van der Waals surface area contributed by atoms with Gasteiger partial charge >= 0.3 is 0 Å². The van der Waals surface area contributed by atoms with Crippen molar-refractivity contribution in [1.29, 1.82) is 0 Å². The smallest absolute Gasteiger partial charge is 0.231 e. The number of aromatic nitrogens is 3. The Balaban J connectivity index is 2.16. The van der Waals surface area contributed by atoms with Crippen molar-refractivity contribution in [3.05, 3.63) is 5.28 Å². The number of hydrogen-bond donors (Lipinski definition) is 1. The fraction of sp³-hybridized carbons (Fsp3) is 0.615. The lowest BCUT2D eigenvalue weighted by molar-refractivity contribution is 0.567. The Hall–Kier alpha value is -1.54. The summed E-state index contributed by atoms with van der Waals surface area (Å²) in [5.41, 5.74) is 0. The van der Waals surface area contributed by atoms with E-state index < -0.39 is 0 Å². The van der Waals surface area contributed by atoms with Crippen LogP contribution in [0.5, 0.6) is 0 Å². The number of halogens is 1. The Morgan fingerprint density at radius 2 is 2.05 bits per heavy atom. The van der Waals surface area contributed by atoms with Crippen LogP contribution < -0.4 is 10.2 Å². The van der Waals surface area contributed by atoms with E-state index in [1.54, 1.807) is 0 Å². The van der Waals surface area contributed by atoms with Crippen LogP contribution in [0.1, 0.15) is 32.6 Å². The van der Waals surface area contributed by atoms with E-state index in [0.29, 0.717) is 11.9 Å². The molecular weight excluding hydrogens is 262 g/mol. The summed E-state index contributed by atoms with van der Waals surface area (Å²) in [6, 6.07) is -0.0901. The molecule has 0 aliphatic carbocycles. The van der Waals surface area contributed by atoms with Crippen LogP contribution in [0.4, 0.5) is 11.9 Å². The van der Waals surface area contributed by atoms with E-state index in [2.05, 4.69) is 31.1 Å². The van der Waals surface area contributed by atoms with Gasteiger partial charge in [0.15, 0.2) is 0 Å². The first-order valence-electron chi connectivity index (χ1n) is 6.62. The van der Waals surface area contributed by atoms with Crippen molar-refractivity contribution in [1.82, 2.24) is 15.0 Å². The molecule has 0 bridgehead atoms. The highest BCUT2D eigenvalue weighted by Crippen LogP contribution is 2.18. The number of hydrogen-bond acceptors (Lipinski definition) is 5. The normalized spacial score (nSPS) is 16.8. The topological polar surface area (TPSA) is 53.9 Å². The zero-order valence-electron chi connectivity index (χ0n) is 11.1. The Morgan fingerprint density at radius 3 is 2.68 bits per heavy atom. The minimum absolute atomic E-state index is 0.0901. The SMILES string of the molecule is C#CC(CC)Nc1nc(Cl)nc(N2CCCCC2)n1. The second-order valence-corrected chi connectivity index (χ2v) is 4.89. The van der Waals surface area contributed by atoms with Crippen molar-refractivity contribution in [2.75, 3.05) is 23.3 Å². The highest BCUT2D eigenvalue weighted by Gasteiger charge is 2.16. The Labute approximate surface area is 118 Å². The van der Waals surface area contributed by atoms with Gasteiger partial charge in [-0.3, -0.25) is 0 Å². The van der Waals surface area contributed by atoms with Gasteiger partial charge in [0.05, 0.1) is 6.04 Å². The largest absolute Gasteiger partial charge is 0.341 e. The fourth-order valence-corrected chi connectivity index (χ4v) is 2.21. The molecule has 1 N–H and O–H groups in total. The lowest BCUT2D eigenvalue weighted by atomic mass is 10.1. The van der Waals surface area contributed by atoms with Crippen molar-refractivity contribution in [2.45, 2.75) is 38.6 Å². The summed E-state index contributed by atoms with van der Waals surface area (Å²) in [6.45, 7) is 3.93. The first kappa shape index (κ1) is 13.9. The van der Waals surface area contributed by atoms with Gasteiger partial charge in [-0.25, -0.2) is 0 Å². The molecule has 1 fully saturated rings. The summed E-state index contributed by atoms with van der Waals surface area (Å²) < 4.78 is 0. The maximum Gasteiger partial charge on any atom is 0.231 e. The summed E-state index contributed by atoms with van der Waals surface area (Å²) in [7, 11) is 0. The molecule has 2 heterocycles. The number of terminal acetylenes is 1. The number of nitrogens with zero attached hydrogens (tertiary/aromatic N) is 4. The lowest BCUT2D eigenvalue weighted by Crippen LogP contribution is -2.31. The molecule has 19 heavy (non-hydrogen) atoms. The van der Waals surface area contributed by atoms with Gasteiger partial charge in [-0.1, -0.05) is 12.8 Å². The molecule has 1 aliphatic heterocycles. The average Bonchev–Trinajstić information content (AvgIpc) is 2.45. The first-order valence-corrected chi connectivity index (χ1v) is 7.00. The monoisotopic (exact) mass is 279 g/mol. The van der Waals surface area contributed by atoms with Gasteiger partial charge in [-0.05, 0) is 37.3 Å². The molecule has 0 aromatic carbocycles. The average molecular weight is 280 g/mol. The molecule has 0 spiro atoms. The van der Waals surface area contributed by atoms with Crippen molar-refractivity contribution in [3.63, 3.8) is 0 Å². The molecule has 1 atom stereocenters. The zero-order valence-corrected chi connectivity index (χ0v) is 11.8. The second kappa shape index (κ2) is 6.58. The molecule has 1 aromatic heterocycles. The van der Waals surface area contributed by atoms with Gasteiger partial charge in [-0.2, -0.15) is 15.0 Å². The number of nitrogens with one attached hydrogen (secondary N) is 1. The summed E-state index contributed by atoms with van der Waals surface area (Å²) in [5, 5.41) is 3.29. The summed E-state index contributed by atoms with van der Waals surface area (Å²) in [4.78, 5) is 14.8. The van der Waals surface area contributed by atoms with Crippen molar-refractivity contribution in [2.24, 2.45) is 0 Å². The standard InChI is InChI=1S/C13H18ClN5/c1-3-10(4-2)15-12-16-11(14)17-13(18-12)19-8-6-5-7-9-19/h1,10H,4-9H2,2H3,(H,15,16,17,18). The van der Waals surface area contributed by atoms with E-state index in [1.807, 2.05) is 6.92 Å². The van der Waals surface area contributed by atoms with Crippen LogP contribution in [-0.2, 0) is 0 Å². The van der Waals surface area contributed by atoms with Crippen LogP contribution in [0.15, 0.2) is 0 Å². The molecule has 1 saturated heterocycles. The molecule has 6 heteroatoms. The Kier molecular flexibility index (Phi) is 4.80. The van der Waals surface area contributed by atoms with Gasteiger partial charge in [0.25, 0.3) is 0 Å². The van der Waals surface area contributed by atoms with E-state index in [-0.39, 0.29) is 11.3 Å². The highest BCUT2D eigenvalue weighted by atomic mass is 35.5. The van der Waals surface area contributed by atoms with Gasteiger partial charge in [-0.15, -0.1) is 6.42 Å². The van der Waals surface area contributed by atoms with Crippen LogP contribution in [0.3, 0.4) is 0 Å². The Bertz CT molecular complexity index is 465. The number of anilines is 2. The fourth-order valence-electron chi connectivity index (χ4n) is 2.06. The molecule has 102 valence electrons. The molecule has 2 rings (SSSR count). The maximum absolute atomic E-state index is 5.96. The van der Waals surface area contributed by atoms with Crippen molar-refractivity contribution < 1.29 is 0 Å². The van der Waals surface area contributed by atoms with Crippen LogP contribution in [0.2, 0.25) is 5.28 Å². The van der Waals surface area contributed by atoms with Crippen LogP contribution >= 0.6 is 11.6 Å². The summed E-state index contributed by atoms with van der Waals surface area (Å²) in [6.07, 6.45) is 9.81. The van der Waals surface area contributed by atoms with E-state index in [9.17, 15) is 0 Å². The minimum Gasteiger partial charge on any atom is -0.341 e. The third-order valence-corrected chi connectivity index (χ3v) is 3.32. The maximum atomic E-state index is 5.96. The predicted octanol–water partition coefficient (Wildman–Crippen LogP) is 2.34. The van der Waals surface area contributed by atoms with Gasteiger partial charge in [0, 0.05) is 13.1 Å². The molecule has 0 radical (unpaired) electrons. The van der Waals surface area contributed by atoms with Gasteiger partial charge in [0.1, 0.15) is 0 Å². The van der Waals surface area contributed by atoms with E-state index in [0.717, 1.165) is 32.4 Å². The highest BCUT2D eigenvalue weighted by molar-refractivity contribution is 6.28.